The molecular weight excluding hydrogens is 398 g/mol. The highest BCUT2D eigenvalue weighted by molar-refractivity contribution is 6.31. The molecule has 1 N–H and O–H groups in total. The molecule has 0 saturated carbocycles. The fourth-order valence-electron chi connectivity index (χ4n) is 3.22. The van der Waals surface area contributed by atoms with E-state index < -0.39 is 0 Å². The van der Waals surface area contributed by atoms with Crippen molar-refractivity contribution >= 4 is 23.2 Å². The van der Waals surface area contributed by atoms with E-state index in [0.717, 1.165) is 11.1 Å². The Kier molecular flexibility index (Phi) is 5.82. The summed E-state index contributed by atoms with van der Waals surface area (Å²) in [6, 6.07) is 24.7. The van der Waals surface area contributed by atoms with Gasteiger partial charge in [0.1, 0.15) is 11.4 Å². The molecule has 0 bridgehead atoms. The molecule has 3 aromatic carbocycles. The summed E-state index contributed by atoms with van der Waals surface area (Å²) in [4.78, 5) is 13.2. The van der Waals surface area contributed by atoms with Crippen molar-refractivity contribution in [1.29, 1.82) is 0 Å². The Morgan fingerprint density at radius 1 is 1.03 bits per heavy atom. The van der Waals surface area contributed by atoms with Crippen LogP contribution in [0.5, 0.6) is 5.75 Å². The van der Waals surface area contributed by atoms with E-state index in [1.165, 1.54) is 0 Å². The Hall–Kier alpha value is -3.57. The van der Waals surface area contributed by atoms with Crippen molar-refractivity contribution in [2.45, 2.75) is 6.54 Å². The molecule has 4 aromatic rings. The predicted molar refractivity (Wildman–Crippen MR) is 119 cm³/mol. The maximum Gasteiger partial charge on any atom is 0.259 e. The summed E-state index contributed by atoms with van der Waals surface area (Å²) in [5.41, 5.74) is 3.56. The maximum absolute atomic E-state index is 13.2. The van der Waals surface area contributed by atoms with Crippen LogP contribution in [-0.4, -0.2) is 22.8 Å². The Morgan fingerprint density at radius 2 is 1.73 bits per heavy atom. The lowest BCUT2D eigenvalue weighted by atomic mass is 10.1. The second-order valence-corrected chi connectivity index (χ2v) is 7.18. The molecule has 0 fully saturated rings. The van der Waals surface area contributed by atoms with Crippen LogP contribution in [0.2, 0.25) is 5.02 Å². The minimum Gasteiger partial charge on any atom is -0.495 e. The molecule has 0 unspecified atom stereocenters. The van der Waals surface area contributed by atoms with Crippen LogP contribution in [0.4, 0.5) is 5.69 Å². The van der Waals surface area contributed by atoms with E-state index in [0.29, 0.717) is 34.3 Å². The van der Waals surface area contributed by atoms with E-state index >= 15 is 0 Å². The van der Waals surface area contributed by atoms with Gasteiger partial charge >= 0.3 is 0 Å². The molecule has 0 radical (unpaired) electrons. The molecule has 5 nitrogen and oxygen atoms in total. The molecular formula is C24H20ClN3O2. The van der Waals surface area contributed by atoms with Crippen molar-refractivity contribution in [3.8, 4) is 17.0 Å². The zero-order chi connectivity index (χ0) is 20.9. The molecule has 0 atom stereocenters. The van der Waals surface area contributed by atoms with Gasteiger partial charge in [0.05, 0.1) is 24.9 Å². The van der Waals surface area contributed by atoms with Crippen molar-refractivity contribution < 1.29 is 9.53 Å². The van der Waals surface area contributed by atoms with Crippen LogP contribution in [0.25, 0.3) is 11.3 Å². The maximum atomic E-state index is 13.2. The molecule has 0 spiro atoms. The number of aromatic nitrogens is 2. The van der Waals surface area contributed by atoms with Gasteiger partial charge in [-0.1, -0.05) is 72.3 Å². The molecule has 0 aliphatic rings. The number of nitrogens with one attached hydrogen (secondary N) is 1. The molecule has 1 heterocycles. The highest BCUT2D eigenvalue weighted by Gasteiger charge is 2.19. The fourth-order valence-corrected chi connectivity index (χ4v) is 3.39. The lowest BCUT2D eigenvalue weighted by Gasteiger charge is -2.10. The van der Waals surface area contributed by atoms with Gasteiger partial charge in [0.25, 0.3) is 5.91 Å². The molecule has 150 valence electrons. The number of ether oxygens (including phenoxy) is 1. The topological polar surface area (TPSA) is 56.1 Å². The minimum absolute atomic E-state index is 0.284. The van der Waals surface area contributed by atoms with E-state index in [2.05, 4.69) is 5.32 Å². The summed E-state index contributed by atoms with van der Waals surface area (Å²) >= 11 is 6.10. The number of carbonyl (C=O) groups is 1. The molecule has 0 saturated heterocycles. The van der Waals surface area contributed by atoms with Gasteiger partial charge in [-0.25, -0.2) is 0 Å². The predicted octanol–water partition coefficient (Wildman–Crippen LogP) is 5.51. The van der Waals surface area contributed by atoms with Gasteiger partial charge < -0.3 is 10.1 Å². The highest BCUT2D eigenvalue weighted by Crippen LogP contribution is 2.29. The summed E-state index contributed by atoms with van der Waals surface area (Å²) in [5, 5.41) is 8.11. The van der Waals surface area contributed by atoms with E-state index in [1.54, 1.807) is 36.2 Å². The van der Waals surface area contributed by atoms with Gasteiger partial charge in [-0.3, -0.25) is 9.48 Å². The van der Waals surface area contributed by atoms with Crippen LogP contribution in [0.15, 0.2) is 85.1 Å². The van der Waals surface area contributed by atoms with Crippen LogP contribution >= 0.6 is 11.6 Å². The van der Waals surface area contributed by atoms with Crippen LogP contribution in [0.3, 0.4) is 0 Å². The number of hydrogen-bond donors (Lipinski definition) is 1. The average Bonchev–Trinajstić information content (AvgIpc) is 3.19. The number of anilines is 1. The second-order valence-electron chi connectivity index (χ2n) is 6.74. The van der Waals surface area contributed by atoms with Gasteiger partial charge in [-0.05, 0) is 23.8 Å². The number of amides is 1. The van der Waals surface area contributed by atoms with Crippen molar-refractivity contribution in [3.05, 3.63) is 101 Å². The smallest absolute Gasteiger partial charge is 0.259 e. The number of benzene rings is 3. The van der Waals surface area contributed by atoms with Crippen molar-refractivity contribution in [3.63, 3.8) is 0 Å². The lowest BCUT2D eigenvalue weighted by Crippen LogP contribution is -2.13. The molecule has 30 heavy (non-hydrogen) atoms. The average molecular weight is 418 g/mol. The lowest BCUT2D eigenvalue weighted by molar-refractivity contribution is 0.102. The molecule has 4 rings (SSSR count). The van der Waals surface area contributed by atoms with Gasteiger partial charge in [-0.15, -0.1) is 0 Å². The number of rotatable bonds is 6. The minimum atomic E-state index is -0.284. The molecule has 0 aliphatic carbocycles. The summed E-state index contributed by atoms with van der Waals surface area (Å²) in [7, 11) is 1.55. The van der Waals surface area contributed by atoms with E-state index in [9.17, 15) is 4.79 Å². The summed E-state index contributed by atoms with van der Waals surface area (Å²) in [6.07, 6.45) is 1.77. The van der Waals surface area contributed by atoms with Crippen molar-refractivity contribution in [1.82, 2.24) is 9.78 Å². The third-order valence-electron chi connectivity index (χ3n) is 4.65. The van der Waals surface area contributed by atoms with Crippen molar-refractivity contribution in [2.75, 3.05) is 12.4 Å². The second kappa shape index (κ2) is 8.84. The van der Waals surface area contributed by atoms with Crippen LogP contribution < -0.4 is 10.1 Å². The Balaban J connectivity index is 1.70. The Bertz CT molecular complexity index is 1160. The third-order valence-corrected chi connectivity index (χ3v) is 4.89. The molecule has 1 aromatic heterocycles. The van der Waals surface area contributed by atoms with E-state index in [-0.39, 0.29) is 5.91 Å². The number of nitrogens with zero attached hydrogens (tertiary/aromatic N) is 2. The standard InChI is InChI=1S/C24H20ClN3O2/c1-30-22-13-12-19(25)14-21(22)26-24(29)20-16-28(15-17-8-4-2-5-9-17)27-23(20)18-10-6-3-7-11-18/h2-14,16H,15H2,1H3,(H,26,29). The van der Waals surface area contributed by atoms with E-state index in [1.807, 2.05) is 60.7 Å². The largest absolute Gasteiger partial charge is 0.495 e. The summed E-state index contributed by atoms with van der Waals surface area (Å²) in [5.74, 6) is 0.249. The molecule has 0 aliphatic heterocycles. The third kappa shape index (κ3) is 4.36. The zero-order valence-electron chi connectivity index (χ0n) is 16.4. The highest BCUT2D eigenvalue weighted by atomic mass is 35.5. The molecule has 6 heteroatoms. The summed E-state index contributed by atoms with van der Waals surface area (Å²) < 4.78 is 7.12. The fraction of sp³-hybridized carbons (Fsp3) is 0.0833. The van der Waals surface area contributed by atoms with Crippen LogP contribution in [-0.2, 0) is 6.54 Å². The number of hydrogen-bond acceptors (Lipinski definition) is 3. The van der Waals surface area contributed by atoms with Crippen molar-refractivity contribution in [2.24, 2.45) is 0 Å². The van der Waals surface area contributed by atoms with Crippen LogP contribution in [0, 0.1) is 0 Å². The normalized spacial score (nSPS) is 10.6. The number of halogens is 1. The Labute approximate surface area is 179 Å². The first kappa shape index (κ1) is 19.7. The monoisotopic (exact) mass is 417 g/mol. The van der Waals surface area contributed by atoms with Gasteiger partial charge in [0, 0.05) is 16.8 Å². The first-order chi connectivity index (χ1) is 14.6. The summed E-state index contributed by atoms with van der Waals surface area (Å²) in [6.45, 7) is 0.564. The Morgan fingerprint density at radius 3 is 2.43 bits per heavy atom. The van der Waals surface area contributed by atoms with Gasteiger partial charge in [0.15, 0.2) is 0 Å². The number of methoxy groups -OCH3 is 1. The molecule has 1 amide bonds. The zero-order valence-corrected chi connectivity index (χ0v) is 17.1. The van der Waals surface area contributed by atoms with E-state index in [4.69, 9.17) is 21.4 Å². The first-order valence-corrected chi connectivity index (χ1v) is 9.83. The van der Waals surface area contributed by atoms with Gasteiger partial charge in [0.2, 0.25) is 0 Å². The van der Waals surface area contributed by atoms with Gasteiger partial charge in [-0.2, -0.15) is 5.10 Å². The SMILES string of the molecule is COc1ccc(Cl)cc1NC(=O)c1cn(Cc2ccccc2)nc1-c1ccccc1. The quantitative estimate of drug-likeness (QED) is 0.450. The van der Waals surface area contributed by atoms with Crippen LogP contribution in [0.1, 0.15) is 15.9 Å². The number of carbonyl (C=O) groups excluding carboxylic acids is 1. The first-order valence-electron chi connectivity index (χ1n) is 9.46.